The van der Waals surface area contributed by atoms with Crippen molar-refractivity contribution >= 4 is 46.7 Å². The van der Waals surface area contributed by atoms with Gasteiger partial charge in [-0.1, -0.05) is 6.07 Å². The van der Waals surface area contributed by atoms with Crippen LogP contribution in [-0.2, 0) is 4.08 Å². The van der Waals surface area contributed by atoms with Gasteiger partial charge in [0.25, 0.3) is 5.91 Å². The number of nitrogens with two attached hydrogens (primary N) is 2. The Bertz CT molecular complexity index is 802. The fourth-order valence-corrected chi connectivity index (χ4v) is 7.47. The molecule has 1 saturated heterocycles. The molecule has 112 valence electrons. The second-order valence-electron chi connectivity index (χ2n) is 5.08. The number of nitrogens with zero attached hydrogens (tertiary/aromatic N) is 1. The lowest BCUT2D eigenvalue weighted by molar-refractivity contribution is 0.100. The van der Waals surface area contributed by atoms with Gasteiger partial charge in [-0.15, -0.1) is 34.9 Å². The fourth-order valence-electron chi connectivity index (χ4n) is 2.97. The number of thioether (sulfide) groups is 2. The first kappa shape index (κ1) is 14.2. The first-order valence-electron chi connectivity index (χ1n) is 6.76. The third-order valence-corrected chi connectivity index (χ3v) is 8.23. The molecule has 0 atom stereocenters. The van der Waals surface area contributed by atoms with Crippen LogP contribution in [0.2, 0.25) is 0 Å². The topological polar surface area (TPSA) is 81.5 Å². The van der Waals surface area contributed by atoms with Gasteiger partial charge in [-0.05, 0) is 34.7 Å². The Balaban J connectivity index is 1.88. The molecule has 4 rings (SSSR count). The first-order chi connectivity index (χ1) is 10.6. The van der Waals surface area contributed by atoms with Crippen LogP contribution >= 0.6 is 34.9 Å². The molecule has 4 nitrogen and oxygen atoms in total. The highest BCUT2D eigenvalue weighted by Crippen LogP contribution is 2.65. The number of hydrogen-bond acceptors (Lipinski definition) is 4. The summed E-state index contributed by atoms with van der Waals surface area (Å²) in [5, 5.41) is 2.15. The second kappa shape index (κ2) is 5.04. The van der Waals surface area contributed by atoms with Crippen molar-refractivity contribution in [3.05, 3.63) is 46.3 Å². The van der Waals surface area contributed by atoms with Gasteiger partial charge in [0, 0.05) is 27.5 Å². The zero-order valence-electron chi connectivity index (χ0n) is 11.5. The largest absolute Gasteiger partial charge is 0.370 e. The summed E-state index contributed by atoms with van der Waals surface area (Å²) in [6, 6.07) is 8.00. The Labute approximate surface area is 140 Å². The standard InChI is InChI=1S/C15H13N3OS3/c16-14(17)18-13(19)8-1-2-9-11(7-8)15(21-5-6-22-15)10-3-4-20-12(9)10/h1-4,7H,5-6H2,(H4,16,17,18,19). The molecule has 1 aliphatic heterocycles. The van der Waals surface area contributed by atoms with E-state index in [0.717, 1.165) is 11.5 Å². The van der Waals surface area contributed by atoms with Gasteiger partial charge in [0.05, 0.1) is 0 Å². The summed E-state index contributed by atoms with van der Waals surface area (Å²) in [7, 11) is 0. The third kappa shape index (κ3) is 1.92. The van der Waals surface area contributed by atoms with Gasteiger partial charge in [-0.3, -0.25) is 4.79 Å². The minimum absolute atomic E-state index is 0.0705. The predicted molar refractivity (Wildman–Crippen MR) is 95.6 cm³/mol. The smallest absolute Gasteiger partial charge is 0.280 e. The van der Waals surface area contributed by atoms with Gasteiger partial charge in [0.1, 0.15) is 4.08 Å². The molecule has 1 spiro atoms. The van der Waals surface area contributed by atoms with Crippen LogP contribution in [0.4, 0.5) is 0 Å². The van der Waals surface area contributed by atoms with Crippen LogP contribution in [0.1, 0.15) is 21.5 Å². The van der Waals surface area contributed by atoms with Crippen LogP contribution < -0.4 is 11.5 Å². The van der Waals surface area contributed by atoms with E-state index in [1.54, 1.807) is 17.4 Å². The number of fused-ring (bicyclic) bond motifs is 5. The van der Waals surface area contributed by atoms with Crippen LogP contribution in [0.25, 0.3) is 10.4 Å². The van der Waals surface area contributed by atoms with E-state index in [1.165, 1.54) is 21.6 Å². The minimum Gasteiger partial charge on any atom is -0.370 e. The molecule has 1 aromatic carbocycles. The van der Waals surface area contributed by atoms with E-state index >= 15 is 0 Å². The molecule has 1 amide bonds. The Morgan fingerprint density at radius 3 is 2.64 bits per heavy atom. The first-order valence-corrected chi connectivity index (χ1v) is 9.62. The maximum absolute atomic E-state index is 12.1. The average Bonchev–Trinajstić information content (AvgIpc) is 3.19. The van der Waals surface area contributed by atoms with Crippen molar-refractivity contribution in [2.45, 2.75) is 4.08 Å². The minimum atomic E-state index is -0.388. The molecule has 2 heterocycles. The number of benzene rings is 1. The Hall–Kier alpha value is -1.44. The zero-order valence-corrected chi connectivity index (χ0v) is 14.0. The molecule has 2 aliphatic rings. The Morgan fingerprint density at radius 2 is 1.91 bits per heavy atom. The van der Waals surface area contributed by atoms with E-state index in [9.17, 15) is 4.79 Å². The molecule has 0 unspecified atom stereocenters. The van der Waals surface area contributed by atoms with Crippen molar-refractivity contribution in [1.29, 1.82) is 0 Å². The van der Waals surface area contributed by atoms with Crippen LogP contribution in [-0.4, -0.2) is 23.4 Å². The van der Waals surface area contributed by atoms with Crippen LogP contribution in [0.3, 0.4) is 0 Å². The van der Waals surface area contributed by atoms with E-state index in [-0.39, 0.29) is 15.9 Å². The van der Waals surface area contributed by atoms with Gasteiger partial charge in [-0.2, -0.15) is 4.99 Å². The van der Waals surface area contributed by atoms with Crippen LogP contribution in [0.15, 0.2) is 34.6 Å². The van der Waals surface area contributed by atoms with Crippen molar-refractivity contribution in [2.24, 2.45) is 16.5 Å². The average molecular weight is 347 g/mol. The summed E-state index contributed by atoms with van der Waals surface area (Å²) in [5.74, 6) is 1.64. The van der Waals surface area contributed by atoms with Crippen molar-refractivity contribution in [1.82, 2.24) is 0 Å². The molecule has 0 radical (unpaired) electrons. The number of rotatable bonds is 1. The molecule has 0 saturated carbocycles. The van der Waals surface area contributed by atoms with Crippen molar-refractivity contribution in [3.8, 4) is 10.4 Å². The summed E-state index contributed by atoms with van der Waals surface area (Å²) in [4.78, 5) is 17.1. The quantitative estimate of drug-likeness (QED) is 0.612. The van der Waals surface area contributed by atoms with Gasteiger partial charge in [0.2, 0.25) is 0 Å². The number of amides is 1. The second-order valence-corrected chi connectivity index (χ2v) is 8.87. The lowest BCUT2D eigenvalue weighted by atomic mass is 10.0. The fraction of sp³-hybridized carbons (Fsp3) is 0.200. The maximum Gasteiger partial charge on any atom is 0.280 e. The molecule has 1 fully saturated rings. The number of guanidine groups is 1. The number of aliphatic imine (C=N–C) groups is 1. The maximum atomic E-state index is 12.1. The molecule has 2 aromatic rings. The molecule has 0 bridgehead atoms. The summed E-state index contributed by atoms with van der Waals surface area (Å²) in [6.45, 7) is 0. The number of carbonyl (C=O) groups excluding carboxylic acids is 1. The van der Waals surface area contributed by atoms with E-state index in [1.807, 2.05) is 35.7 Å². The van der Waals surface area contributed by atoms with Gasteiger partial charge in [0.15, 0.2) is 5.96 Å². The molecule has 1 aromatic heterocycles. The third-order valence-electron chi connectivity index (χ3n) is 3.81. The van der Waals surface area contributed by atoms with Crippen LogP contribution in [0.5, 0.6) is 0 Å². The number of thiophene rings is 1. The van der Waals surface area contributed by atoms with Crippen molar-refractivity contribution in [3.63, 3.8) is 0 Å². The van der Waals surface area contributed by atoms with Crippen LogP contribution in [0, 0.1) is 0 Å². The van der Waals surface area contributed by atoms with E-state index < -0.39 is 0 Å². The molecule has 1 aliphatic carbocycles. The number of hydrogen-bond donors (Lipinski definition) is 2. The van der Waals surface area contributed by atoms with Crippen molar-refractivity contribution < 1.29 is 4.79 Å². The van der Waals surface area contributed by atoms with Gasteiger partial charge >= 0.3 is 0 Å². The summed E-state index contributed by atoms with van der Waals surface area (Å²) in [5.41, 5.74) is 15.0. The Morgan fingerprint density at radius 1 is 1.14 bits per heavy atom. The molecule has 4 N–H and O–H groups in total. The molecular formula is C15H13N3OS3. The van der Waals surface area contributed by atoms with E-state index in [4.69, 9.17) is 11.5 Å². The lowest BCUT2D eigenvalue weighted by Gasteiger charge is -2.23. The van der Waals surface area contributed by atoms with E-state index in [2.05, 4.69) is 16.4 Å². The monoisotopic (exact) mass is 347 g/mol. The molecular weight excluding hydrogens is 334 g/mol. The summed E-state index contributed by atoms with van der Waals surface area (Å²) >= 11 is 5.66. The summed E-state index contributed by atoms with van der Waals surface area (Å²) in [6.07, 6.45) is 0. The molecule has 7 heteroatoms. The SMILES string of the molecule is NC(N)=NC(=O)c1ccc2c(c1)C1(SCCS1)c1ccsc1-2. The van der Waals surface area contributed by atoms with Crippen molar-refractivity contribution in [2.75, 3.05) is 11.5 Å². The van der Waals surface area contributed by atoms with Gasteiger partial charge in [-0.25, -0.2) is 0 Å². The predicted octanol–water partition coefficient (Wildman–Crippen LogP) is 2.82. The highest BCUT2D eigenvalue weighted by molar-refractivity contribution is 8.21. The normalized spacial score (nSPS) is 17.3. The molecule has 22 heavy (non-hydrogen) atoms. The number of carbonyl (C=O) groups is 1. The lowest BCUT2D eigenvalue weighted by Crippen LogP contribution is -2.24. The Kier molecular flexibility index (Phi) is 3.25. The summed E-state index contributed by atoms with van der Waals surface area (Å²) < 4.78 is -0.0705. The van der Waals surface area contributed by atoms with E-state index in [0.29, 0.717) is 5.56 Å². The highest BCUT2D eigenvalue weighted by Gasteiger charge is 2.47. The van der Waals surface area contributed by atoms with Gasteiger partial charge < -0.3 is 11.5 Å². The zero-order chi connectivity index (χ0) is 15.3. The highest BCUT2D eigenvalue weighted by atomic mass is 32.2.